The summed E-state index contributed by atoms with van der Waals surface area (Å²) in [6.45, 7) is -2.78. The Morgan fingerprint density at radius 1 is 1.14 bits per heavy atom. The summed E-state index contributed by atoms with van der Waals surface area (Å²) in [5.74, 6) is -0.384. The summed E-state index contributed by atoms with van der Waals surface area (Å²) < 4.78 is 44.4. The molecule has 2 aromatic heterocycles. The molecule has 7 nitrogen and oxygen atoms in total. The molecule has 0 saturated heterocycles. The molecule has 0 aliphatic carbocycles. The Morgan fingerprint density at radius 2 is 1.94 bits per heavy atom. The third kappa shape index (κ3) is 6.74. The largest absolute Gasteiger partial charge is 0.435 e. The Bertz CT molecular complexity index is 1300. The minimum atomic E-state index is -2.90. The Morgan fingerprint density at radius 3 is 2.69 bits per heavy atom. The van der Waals surface area contributed by atoms with Crippen LogP contribution in [0.1, 0.15) is 5.56 Å². The van der Waals surface area contributed by atoms with Gasteiger partial charge >= 0.3 is 6.61 Å². The van der Waals surface area contributed by atoms with Crippen LogP contribution in [0.25, 0.3) is 11.3 Å². The number of hydrogen-bond donors (Lipinski definition) is 1. The van der Waals surface area contributed by atoms with E-state index in [0.717, 1.165) is 11.8 Å². The van der Waals surface area contributed by atoms with E-state index in [2.05, 4.69) is 25.1 Å². The van der Waals surface area contributed by atoms with Crippen LogP contribution < -0.4 is 10.1 Å². The van der Waals surface area contributed by atoms with Gasteiger partial charge in [-0.25, -0.2) is 14.4 Å². The molecule has 2 aromatic carbocycles. The molecule has 0 unspecified atom stereocenters. The molecule has 0 spiro atoms. The van der Waals surface area contributed by atoms with Crippen molar-refractivity contribution in [2.75, 3.05) is 11.1 Å². The lowest BCUT2D eigenvalue weighted by Gasteiger charge is -2.07. The lowest BCUT2D eigenvalue weighted by Crippen LogP contribution is -2.15. The van der Waals surface area contributed by atoms with Gasteiger partial charge in [-0.05, 0) is 42.5 Å². The Labute approximate surface area is 207 Å². The van der Waals surface area contributed by atoms with Crippen LogP contribution in [-0.2, 0) is 11.3 Å². The van der Waals surface area contributed by atoms with Crippen molar-refractivity contribution in [3.8, 4) is 17.0 Å². The van der Waals surface area contributed by atoms with Gasteiger partial charge < -0.3 is 10.1 Å². The highest BCUT2D eigenvalue weighted by atomic mass is 35.5. The average molecular weight is 520 g/mol. The fourth-order valence-corrected chi connectivity index (χ4v) is 3.90. The SMILES string of the molecule is O=C(CSc1nccc(-c2ccc(OC(F)F)cc2)n1)Nc1ccn(Cc2c(F)cccc2Cl)n1. The summed E-state index contributed by atoms with van der Waals surface area (Å²) in [7, 11) is 0. The number of ether oxygens (including phenoxy) is 1. The van der Waals surface area contributed by atoms with Gasteiger partial charge in [-0.15, -0.1) is 0 Å². The molecule has 180 valence electrons. The van der Waals surface area contributed by atoms with Crippen molar-refractivity contribution in [1.29, 1.82) is 0 Å². The number of hydrogen-bond acceptors (Lipinski definition) is 6. The Kier molecular flexibility index (Phi) is 7.88. The van der Waals surface area contributed by atoms with Crippen molar-refractivity contribution in [1.82, 2.24) is 19.7 Å². The van der Waals surface area contributed by atoms with Gasteiger partial charge in [-0.1, -0.05) is 29.4 Å². The van der Waals surface area contributed by atoms with Crippen LogP contribution in [0, 0.1) is 5.82 Å². The van der Waals surface area contributed by atoms with Crippen molar-refractivity contribution < 1.29 is 22.7 Å². The third-order valence-electron chi connectivity index (χ3n) is 4.63. The predicted molar refractivity (Wildman–Crippen MR) is 126 cm³/mol. The minimum absolute atomic E-state index is 0.0244. The van der Waals surface area contributed by atoms with Gasteiger partial charge in [0, 0.05) is 34.6 Å². The highest BCUT2D eigenvalue weighted by molar-refractivity contribution is 7.99. The molecule has 4 rings (SSSR count). The number of thioether (sulfide) groups is 1. The summed E-state index contributed by atoms with van der Waals surface area (Å²) in [4.78, 5) is 20.9. The van der Waals surface area contributed by atoms with E-state index >= 15 is 0 Å². The molecule has 1 N–H and O–H groups in total. The molecule has 0 fully saturated rings. The minimum Gasteiger partial charge on any atom is -0.435 e. The first-order valence-corrected chi connectivity index (χ1v) is 11.5. The molecular formula is C23H17ClF3N5O2S. The molecule has 4 aromatic rings. The fourth-order valence-electron chi connectivity index (χ4n) is 3.05. The number of carbonyl (C=O) groups is 1. The van der Waals surface area contributed by atoms with Crippen molar-refractivity contribution in [2.45, 2.75) is 18.3 Å². The number of carbonyl (C=O) groups excluding carboxylic acids is 1. The normalized spacial score (nSPS) is 11.0. The molecule has 0 aliphatic rings. The molecule has 12 heteroatoms. The molecule has 0 aliphatic heterocycles. The number of alkyl halides is 2. The van der Waals surface area contributed by atoms with Crippen LogP contribution in [0.2, 0.25) is 5.02 Å². The average Bonchev–Trinajstić information content (AvgIpc) is 3.27. The van der Waals surface area contributed by atoms with Gasteiger partial charge in [0.2, 0.25) is 5.91 Å². The topological polar surface area (TPSA) is 81.9 Å². The molecule has 0 atom stereocenters. The first kappa shape index (κ1) is 24.6. The maximum Gasteiger partial charge on any atom is 0.387 e. The number of benzene rings is 2. The molecule has 0 radical (unpaired) electrons. The van der Waals surface area contributed by atoms with Crippen molar-refractivity contribution >= 4 is 35.1 Å². The molecule has 0 bridgehead atoms. The quantitative estimate of drug-likeness (QED) is 0.232. The van der Waals surface area contributed by atoms with Crippen LogP contribution in [0.5, 0.6) is 5.75 Å². The first-order valence-electron chi connectivity index (χ1n) is 10.1. The smallest absolute Gasteiger partial charge is 0.387 e. The summed E-state index contributed by atoms with van der Waals surface area (Å²) >= 11 is 7.17. The maximum atomic E-state index is 14.0. The van der Waals surface area contributed by atoms with E-state index in [9.17, 15) is 18.0 Å². The number of halogens is 4. The van der Waals surface area contributed by atoms with E-state index in [-0.39, 0.29) is 24.0 Å². The Hall–Kier alpha value is -3.57. The zero-order valence-corrected chi connectivity index (χ0v) is 19.4. The third-order valence-corrected chi connectivity index (χ3v) is 5.85. The zero-order valence-electron chi connectivity index (χ0n) is 17.9. The Balaban J connectivity index is 1.32. The lowest BCUT2D eigenvalue weighted by molar-refractivity contribution is -0.113. The zero-order chi connectivity index (χ0) is 24.8. The summed E-state index contributed by atoms with van der Waals surface area (Å²) in [5, 5.41) is 7.55. The second-order valence-corrected chi connectivity index (χ2v) is 8.41. The monoisotopic (exact) mass is 519 g/mol. The van der Waals surface area contributed by atoms with E-state index in [1.165, 1.54) is 28.9 Å². The number of nitrogens with one attached hydrogen (secondary N) is 1. The van der Waals surface area contributed by atoms with Crippen LogP contribution in [0.3, 0.4) is 0 Å². The molecular weight excluding hydrogens is 503 g/mol. The highest BCUT2D eigenvalue weighted by Crippen LogP contribution is 2.24. The van der Waals surface area contributed by atoms with E-state index < -0.39 is 12.4 Å². The first-order chi connectivity index (χ1) is 16.9. The molecule has 1 amide bonds. The van der Waals surface area contributed by atoms with Gasteiger partial charge in [-0.3, -0.25) is 9.48 Å². The second kappa shape index (κ2) is 11.2. The van der Waals surface area contributed by atoms with Crippen LogP contribution in [0.15, 0.2) is 72.1 Å². The number of anilines is 1. The predicted octanol–water partition coefficient (Wildman–Crippen LogP) is 5.51. The molecule has 2 heterocycles. The molecule has 35 heavy (non-hydrogen) atoms. The number of nitrogens with zero attached hydrogens (tertiary/aromatic N) is 4. The lowest BCUT2D eigenvalue weighted by atomic mass is 10.1. The molecule has 0 saturated carbocycles. The van der Waals surface area contributed by atoms with E-state index in [1.807, 2.05) is 0 Å². The maximum absolute atomic E-state index is 14.0. The van der Waals surface area contributed by atoms with Gasteiger partial charge in [0.25, 0.3) is 0 Å². The van der Waals surface area contributed by atoms with Gasteiger partial charge in [0.15, 0.2) is 11.0 Å². The van der Waals surface area contributed by atoms with Crippen molar-refractivity contribution in [3.05, 3.63) is 83.4 Å². The highest BCUT2D eigenvalue weighted by Gasteiger charge is 2.12. The van der Waals surface area contributed by atoms with Crippen LogP contribution in [-0.4, -0.2) is 38.0 Å². The van der Waals surface area contributed by atoms with E-state index in [1.54, 1.807) is 42.7 Å². The summed E-state index contributed by atoms with van der Waals surface area (Å²) in [6, 6.07) is 13.7. The summed E-state index contributed by atoms with van der Waals surface area (Å²) in [6.07, 6.45) is 3.15. The van der Waals surface area contributed by atoms with E-state index in [4.69, 9.17) is 11.6 Å². The van der Waals surface area contributed by atoms with Gasteiger partial charge in [0.05, 0.1) is 18.0 Å². The number of amides is 1. The van der Waals surface area contributed by atoms with Crippen LogP contribution >= 0.6 is 23.4 Å². The number of rotatable bonds is 9. The standard InChI is InChI=1S/C23H17ClF3N5O2S/c24-17-2-1-3-18(25)16(17)12-32-11-9-20(31-32)30-21(33)13-35-23-28-10-8-19(29-23)14-4-6-15(7-5-14)34-22(26)27/h1-11,22H,12-13H2,(H,30,31,33). The van der Waals surface area contributed by atoms with Crippen molar-refractivity contribution in [3.63, 3.8) is 0 Å². The number of aromatic nitrogens is 4. The van der Waals surface area contributed by atoms with Gasteiger partial charge in [0.1, 0.15) is 11.6 Å². The van der Waals surface area contributed by atoms with Crippen LogP contribution in [0.4, 0.5) is 19.0 Å². The summed E-state index contributed by atoms with van der Waals surface area (Å²) in [5.41, 5.74) is 1.55. The second-order valence-electron chi connectivity index (χ2n) is 7.06. The fraction of sp³-hybridized carbons (Fsp3) is 0.130. The van der Waals surface area contributed by atoms with Crippen molar-refractivity contribution in [2.24, 2.45) is 0 Å². The van der Waals surface area contributed by atoms with E-state index in [0.29, 0.717) is 32.8 Å². The van der Waals surface area contributed by atoms with Gasteiger partial charge in [-0.2, -0.15) is 13.9 Å².